The molecule has 0 radical (unpaired) electrons. The van der Waals surface area contributed by atoms with Crippen molar-refractivity contribution in [2.75, 3.05) is 13.2 Å². The molecule has 2 heterocycles. The molecule has 0 atom stereocenters. The number of aliphatic hydroxyl groups excluding tert-OH is 1. The maximum Gasteiger partial charge on any atom is 0.251 e. The second kappa shape index (κ2) is 6.93. The molecule has 3 rings (SSSR count). The van der Waals surface area contributed by atoms with Crippen molar-refractivity contribution in [1.29, 1.82) is 0 Å². The number of halogens is 1. The predicted molar refractivity (Wildman–Crippen MR) is 89.9 cm³/mol. The monoisotopic (exact) mass is 391 g/mol. The number of ether oxygens (including phenoxy) is 1. The van der Waals surface area contributed by atoms with Gasteiger partial charge < -0.3 is 15.2 Å². The van der Waals surface area contributed by atoms with Crippen LogP contribution in [0.15, 0.2) is 35.2 Å². The van der Waals surface area contributed by atoms with Crippen LogP contribution >= 0.6 is 15.9 Å². The molecule has 124 valence electrons. The molecule has 0 fully saturated rings. The Morgan fingerprint density at radius 3 is 3.04 bits per heavy atom. The van der Waals surface area contributed by atoms with E-state index in [2.05, 4.69) is 36.3 Å². The number of hydrogen-bond donors (Lipinski definition) is 2. The Bertz CT molecular complexity index is 896. The van der Waals surface area contributed by atoms with Crippen LogP contribution in [0.4, 0.5) is 0 Å². The van der Waals surface area contributed by atoms with Crippen LogP contribution in [0, 0.1) is 0 Å². The molecule has 24 heavy (non-hydrogen) atoms. The Morgan fingerprint density at radius 1 is 1.42 bits per heavy atom. The number of carbonyl (C=O) groups is 1. The van der Waals surface area contributed by atoms with E-state index in [1.165, 1.54) is 6.33 Å². The standard InChI is InChI=1S/C15H14BrN5O3/c1-21-13-11(12(16)20-21)15(19-8-18-13)24-10-4-2-3-9(7-10)14(23)17-5-6-22/h2-4,7-8,22H,5-6H2,1H3,(H,17,23). The van der Waals surface area contributed by atoms with E-state index < -0.39 is 0 Å². The van der Waals surface area contributed by atoms with E-state index in [0.717, 1.165) is 0 Å². The van der Waals surface area contributed by atoms with Gasteiger partial charge in [-0.2, -0.15) is 5.10 Å². The molecule has 0 aliphatic carbocycles. The molecule has 0 saturated carbocycles. The van der Waals surface area contributed by atoms with E-state index in [1.54, 1.807) is 36.0 Å². The lowest BCUT2D eigenvalue weighted by molar-refractivity contribution is 0.0944. The molecule has 0 aliphatic rings. The van der Waals surface area contributed by atoms with Crippen LogP contribution in [0.25, 0.3) is 11.0 Å². The van der Waals surface area contributed by atoms with E-state index in [9.17, 15) is 4.79 Å². The normalized spacial score (nSPS) is 10.8. The van der Waals surface area contributed by atoms with Crippen molar-refractivity contribution in [2.24, 2.45) is 7.05 Å². The molecule has 3 aromatic rings. The van der Waals surface area contributed by atoms with Crippen molar-refractivity contribution in [2.45, 2.75) is 0 Å². The summed E-state index contributed by atoms with van der Waals surface area (Å²) in [4.78, 5) is 20.3. The van der Waals surface area contributed by atoms with Crippen LogP contribution in [0.1, 0.15) is 10.4 Å². The molecule has 0 spiro atoms. The fourth-order valence-electron chi connectivity index (χ4n) is 2.18. The number of rotatable bonds is 5. The number of carbonyl (C=O) groups excluding carboxylic acids is 1. The van der Waals surface area contributed by atoms with Gasteiger partial charge >= 0.3 is 0 Å². The van der Waals surface area contributed by atoms with Crippen LogP contribution < -0.4 is 10.1 Å². The number of nitrogens with zero attached hydrogens (tertiary/aromatic N) is 4. The molecule has 8 nitrogen and oxygen atoms in total. The fourth-order valence-corrected chi connectivity index (χ4v) is 2.76. The zero-order valence-corrected chi connectivity index (χ0v) is 14.3. The van der Waals surface area contributed by atoms with Gasteiger partial charge in [0.15, 0.2) is 5.65 Å². The van der Waals surface area contributed by atoms with E-state index in [1.807, 2.05) is 0 Å². The minimum absolute atomic E-state index is 0.115. The first-order valence-corrected chi connectivity index (χ1v) is 7.89. The Balaban J connectivity index is 1.91. The van der Waals surface area contributed by atoms with Crippen LogP contribution in [-0.4, -0.2) is 43.9 Å². The molecule has 2 aromatic heterocycles. The lowest BCUT2D eigenvalue weighted by atomic mass is 10.2. The molecule has 0 saturated heterocycles. The van der Waals surface area contributed by atoms with Crippen molar-refractivity contribution in [1.82, 2.24) is 25.1 Å². The zero-order chi connectivity index (χ0) is 17.1. The van der Waals surface area contributed by atoms with Crippen LogP contribution in [0.3, 0.4) is 0 Å². The fraction of sp³-hybridized carbons (Fsp3) is 0.200. The average Bonchev–Trinajstić information content (AvgIpc) is 2.88. The maximum absolute atomic E-state index is 12.0. The van der Waals surface area contributed by atoms with Crippen LogP contribution in [0.2, 0.25) is 0 Å². The lowest BCUT2D eigenvalue weighted by Gasteiger charge is -2.08. The highest BCUT2D eigenvalue weighted by molar-refractivity contribution is 9.10. The SMILES string of the molecule is Cn1nc(Br)c2c(Oc3cccc(C(=O)NCCO)c3)ncnc21. The summed E-state index contributed by atoms with van der Waals surface area (Å²) in [6.45, 7) is 0.0783. The number of hydrogen-bond acceptors (Lipinski definition) is 6. The summed E-state index contributed by atoms with van der Waals surface area (Å²) in [6.07, 6.45) is 1.39. The van der Waals surface area contributed by atoms with Gasteiger partial charge in [-0.3, -0.25) is 4.79 Å². The van der Waals surface area contributed by atoms with Crippen molar-refractivity contribution in [3.05, 3.63) is 40.8 Å². The highest BCUT2D eigenvalue weighted by atomic mass is 79.9. The van der Waals surface area contributed by atoms with Gasteiger partial charge in [0.05, 0.1) is 6.61 Å². The summed E-state index contributed by atoms with van der Waals surface area (Å²) < 4.78 is 8.01. The molecular formula is C15H14BrN5O3. The van der Waals surface area contributed by atoms with Gasteiger partial charge in [0.1, 0.15) is 22.1 Å². The molecular weight excluding hydrogens is 378 g/mol. The first-order chi connectivity index (χ1) is 11.6. The largest absolute Gasteiger partial charge is 0.438 e. The maximum atomic E-state index is 12.0. The number of fused-ring (bicyclic) bond motifs is 1. The van der Waals surface area contributed by atoms with E-state index in [-0.39, 0.29) is 19.1 Å². The van der Waals surface area contributed by atoms with E-state index in [0.29, 0.717) is 32.8 Å². The van der Waals surface area contributed by atoms with Gasteiger partial charge in [0.25, 0.3) is 5.91 Å². The van der Waals surface area contributed by atoms with E-state index >= 15 is 0 Å². The second-order valence-electron chi connectivity index (χ2n) is 4.90. The Labute approximate surface area is 145 Å². The van der Waals surface area contributed by atoms with Gasteiger partial charge in [-0.25, -0.2) is 14.6 Å². The summed E-state index contributed by atoms with van der Waals surface area (Å²) >= 11 is 3.37. The Kier molecular flexibility index (Phi) is 4.72. The zero-order valence-electron chi connectivity index (χ0n) is 12.7. The highest BCUT2D eigenvalue weighted by Gasteiger charge is 2.15. The summed E-state index contributed by atoms with van der Waals surface area (Å²) in [5.41, 5.74) is 1.06. The molecule has 1 amide bonds. The van der Waals surface area contributed by atoms with Crippen LogP contribution in [-0.2, 0) is 7.05 Å². The van der Waals surface area contributed by atoms with E-state index in [4.69, 9.17) is 9.84 Å². The van der Waals surface area contributed by atoms with Gasteiger partial charge in [-0.1, -0.05) is 6.07 Å². The topological polar surface area (TPSA) is 102 Å². The van der Waals surface area contributed by atoms with Gasteiger partial charge in [0, 0.05) is 19.2 Å². The van der Waals surface area contributed by atoms with Crippen LogP contribution in [0.5, 0.6) is 11.6 Å². The molecule has 0 aliphatic heterocycles. The van der Waals surface area contributed by atoms with Crippen molar-refractivity contribution < 1.29 is 14.6 Å². The third-order valence-electron chi connectivity index (χ3n) is 3.25. The minimum Gasteiger partial charge on any atom is -0.438 e. The first kappa shape index (κ1) is 16.3. The summed E-state index contributed by atoms with van der Waals surface area (Å²) in [5.74, 6) is 0.514. The molecule has 0 unspecified atom stereocenters. The quantitative estimate of drug-likeness (QED) is 0.685. The molecule has 2 N–H and O–H groups in total. The summed E-state index contributed by atoms with van der Waals surface area (Å²) in [5, 5.41) is 16.2. The number of amides is 1. The number of benzene rings is 1. The lowest BCUT2D eigenvalue weighted by Crippen LogP contribution is -2.26. The molecule has 0 bridgehead atoms. The number of aliphatic hydroxyl groups is 1. The third-order valence-corrected chi connectivity index (χ3v) is 3.81. The second-order valence-corrected chi connectivity index (χ2v) is 5.65. The first-order valence-electron chi connectivity index (χ1n) is 7.10. The van der Waals surface area contributed by atoms with Gasteiger partial charge in [0.2, 0.25) is 5.88 Å². The molecule has 1 aromatic carbocycles. The van der Waals surface area contributed by atoms with Gasteiger partial charge in [-0.15, -0.1) is 0 Å². The van der Waals surface area contributed by atoms with Crippen molar-refractivity contribution >= 4 is 32.9 Å². The predicted octanol–water partition coefficient (Wildman–Crippen LogP) is 1.64. The smallest absolute Gasteiger partial charge is 0.251 e. The Morgan fingerprint density at radius 2 is 2.25 bits per heavy atom. The Hall–Kier alpha value is -2.52. The highest BCUT2D eigenvalue weighted by Crippen LogP contribution is 2.31. The van der Waals surface area contributed by atoms with Crippen molar-refractivity contribution in [3.63, 3.8) is 0 Å². The summed E-state index contributed by atoms with van der Waals surface area (Å²) in [7, 11) is 1.77. The minimum atomic E-state index is -0.287. The third kappa shape index (κ3) is 3.22. The number of aryl methyl sites for hydroxylation is 1. The number of nitrogens with one attached hydrogen (secondary N) is 1. The number of aromatic nitrogens is 4. The summed E-state index contributed by atoms with van der Waals surface area (Å²) in [6, 6.07) is 6.70. The van der Waals surface area contributed by atoms with Gasteiger partial charge in [-0.05, 0) is 34.1 Å². The van der Waals surface area contributed by atoms with Crippen molar-refractivity contribution in [3.8, 4) is 11.6 Å². The molecule has 9 heteroatoms. The average molecular weight is 392 g/mol.